The highest BCUT2D eigenvalue weighted by Crippen LogP contribution is 2.19. The topological polar surface area (TPSA) is 37.9 Å². The highest BCUT2D eigenvalue weighted by Gasteiger charge is 2.17. The zero-order valence-corrected chi connectivity index (χ0v) is 13.1. The van der Waals surface area contributed by atoms with E-state index < -0.39 is 0 Å². The van der Waals surface area contributed by atoms with E-state index in [0.717, 1.165) is 27.7 Å². The second-order valence-corrected chi connectivity index (χ2v) is 5.62. The molecule has 0 radical (unpaired) electrons. The minimum Gasteiger partial charge on any atom is -0.320 e. The summed E-state index contributed by atoms with van der Waals surface area (Å²) in [5.41, 5.74) is 4.18. The van der Waals surface area contributed by atoms with E-state index in [9.17, 15) is 4.79 Å². The van der Waals surface area contributed by atoms with Gasteiger partial charge in [-0.2, -0.15) is 4.68 Å². The molecule has 0 aliphatic rings. The number of hydrogen-bond donors (Lipinski definition) is 1. The van der Waals surface area contributed by atoms with Crippen LogP contribution in [0.3, 0.4) is 0 Å². The molecule has 0 saturated heterocycles. The number of anilines is 1. The molecule has 0 bridgehead atoms. The van der Waals surface area contributed by atoms with E-state index in [1.165, 1.54) is 0 Å². The van der Waals surface area contributed by atoms with Crippen molar-refractivity contribution in [1.29, 1.82) is 0 Å². The van der Waals surface area contributed by atoms with Gasteiger partial charge in [-0.25, -0.2) is 0 Å². The van der Waals surface area contributed by atoms with Gasteiger partial charge >= 0.3 is 0 Å². The minimum atomic E-state index is -0.0201. The maximum absolute atomic E-state index is 12.4. The average Bonchev–Trinajstić information content (AvgIpc) is 2.80. The zero-order valence-electron chi connectivity index (χ0n) is 13.1. The predicted octanol–water partition coefficient (Wildman–Crippen LogP) is 2.72. The Bertz CT molecular complexity index is 828. The molecule has 112 valence electrons. The SMILES string of the molecule is Cc1cccc(C)c1NC(=O)C[n+]1cc2ccccc2n1C. The Morgan fingerprint density at radius 2 is 1.77 bits per heavy atom. The second kappa shape index (κ2) is 5.64. The Balaban J connectivity index is 1.83. The number of hydrogen-bond acceptors (Lipinski definition) is 1. The van der Waals surface area contributed by atoms with Gasteiger partial charge in [-0.05, 0) is 37.1 Å². The van der Waals surface area contributed by atoms with E-state index in [-0.39, 0.29) is 5.91 Å². The van der Waals surface area contributed by atoms with Crippen LogP contribution < -0.4 is 10.00 Å². The van der Waals surface area contributed by atoms with Crippen molar-refractivity contribution in [2.24, 2.45) is 7.05 Å². The highest BCUT2D eigenvalue weighted by molar-refractivity contribution is 5.91. The smallest absolute Gasteiger partial charge is 0.292 e. The lowest BCUT2D eigenvalue weighted by Gasteiger charge is -2.10. The molecule has 1 N–H and O–H groups in total. The Hall–Kier alpha value is -2.62. The fourth-order valence-corrected chi connectivity index (χ4v) is 2.77. The van der Waals surface area contributed by atoms with Crippen LogP contribution in [0.25, 0.3) is 10.9 Å². The number of para-hydroxylation sites is 2. The molecule has 1 amide bonds. The van der Waals surface area contributed by atoms with Gasteiger partial charge in [0.05, 0.1) is 12.4 Å². The summed E-state index contributed by atoms with van der Waals surface area (Å²) in [5, 5.41) is 4.15. The van der Waals surface area contributed by atoms with Gasteiger partial charge in [-0.15, -0.1) is 4.68 Å². The summed E-state index contributed by atoms with van der Waals surface area (Å²) in [4.78, 5) is 12.4. The molecule has 22 heavy (non-hydrogen) atoms. The molecule has 0 spiro atoms. The molecule has 1 heterocycles. The predicted molar refractivity (Wildman–Crippen MR) is 87.7 cm³/mol. The molecule has 3 rings (SSSR count). The number of carbonyl (C=O) groups is 1. The van der Waals surface area contributed by atoms with Crippen molar-refractivity contribution < 1.29 is 9.48 Å². The summed E-state index contributed by atoms with van der Waals surface area (Å²) in [7, 11) is 1.97. The van der Waals surface area contributed by atoms with Crippen molar-refractivity contribution in [3.05, 3.63) is 59.8 Å². The van der Waals surface area contributed by atoms with E-state index in [1.807, 2.05) is 66.8 Å². The Kier molecular flexibility index (Phi) is 3.67. The monoisotopic (exact) mass is 294 g/mol. The Labute approximate surface area is 130 Å². The number of nitrogens with one attached hydrogen (secondary N) is 1. The van der Waals surface area contributed by atoms with E-state index >= 15 is 0 Å². The largest absolute Gasteiger partial charge is 0.320 e. The van der Waals surface area contributed by atoms with Crippen molar-refractivity contribution in [1.82, 2.24) is 4.68 Å². The standard InChI is InChI=1S/C18H19N3O/c1-13-7-6-8-14(2)18(13)19-17(22)12-21-11-15-9-4-5-10-16(15)20(21)3/h4-11H,12H2,1-3H3/p+1. The minimum absolute atomic E-state index is 0.0201. The van der Waals surface area contributed by atoms with Gasteiger partial charge in [-0.1, -0.05) is 30.3 Å². The summed E-state index contributed by atoms with van der Waals surface area (Å²) in [6, 6.07) is 14.1. The number of aryl methyl sites for hydroxylation is 3. The lowest BCUT2D eigenvalue weighted by molar-refractivity contribution is -0.759. The van der Waals surface area contributed by atoms with Crippen LogP contribution in [0.15, 0.2) is 48.7 Å². The van der Waals surface area contributed by atoms with Gasteiger partial charge in [0.1, 0.15) is 5.52 Å². The van der Waals surface area contributed by atoms with Gasteiger partial charge in [0.25, 0.3) is 5.91 Å². The van der Waals surface area contributed by atoms with E-state index in [4.69, 9.17) is 0 Å². The summed E-state index contributed by atoms with van der Waals surface area (Å²) in [6.07, 6.45) is 2.00. The van der Waals surface area contributed by atoms with Crippen molar-refractivity contribution >= 4 is 22.5 Å². The first-order valence-electron chi connectivity index (χ1n) is 7.36. The molecular weight excluding hydrogens is 274 g/mol. The van der Waals surface area contributed by atoms with Crippen LogP contribution in [0.1, 0.15) is 11.1 Å². The number of nitrogens with zero attached hydrogens (tertiary/aromatic N) is 2. The fraction of sp³-hybridized carbons (Fsp3) is 0.222. The lowest BCUT2D eigenvalue weighted by atomic mass is 10.1. The van der Waals surface area contributed by atoms with Crippen LogP contribution in [0.5, 0.6) is 0 Å². The first kappa shape index (κ1) is 14.3. The fourth-order valence-electron chi connectivity index (χ4n) is 2.77. The molecule has 4 nitrogen and oxygen atoms in total. The maximum atomic E-state index is 12.4. The molecule has 0 saturated carbocycles. The molecule has 3 aromatic rings. The van der Waals surface area contributed by atoms with Gasteiger partial charge in [0.15, 0.2) is 0 Å². The van der Waals surface area contributed by atoms with Crippen molar-refractivity contribution in [2.75, 3.05) is 5.32 Å². The lowest BCUT2D eigenvalue weighted by Crippen LogP contribution is -2.46. The third kappa shape index (κ3) is 2.60. The Morgan fingerprint density at radius 1 is 1.09 bits per heavy atom. The van der Waals surface area contributed by atoms with Crippen LogP contribution in [0.2, 0.25) is 0 Å². The quantitative estimate of drug-likeness (QED) is 0.741. The second-order valence-electron chi connectivity index (χ2n) is 5.62. The number of aromatic nitrogens is 2. The van der Waals surface area contributed by atoms with Gasteiger partial charge in [-0.3, -0.25) is 4.79 Å². The van der Waals surface area contributed by atoms with Gasteiger partial charge in [0, 0.05) is 5.69 Å². The van der Waals surface area contributed by atoms with E-state index in [2.05, 4.69) is 17.4 Å². The normalized spacial score (nSPS) is 10.9. The molecule has 0 aliphatic carbocycles. The van der Waals surface area contributed by atoms with E-state index in [1.54, 1.807) is 0 Å². The van der Waals surface area contributed by atoms with Gasteiger partial charge in [0.2, 0.25) is 12.7 Å². The molecule has 2 aromatic carbocycles. The van der Waals surface area contributed by atoms with Crippen LogP contribution in [0, 0.1) is 13.8 Å². The van der Waals surface area contributed by atoms with Crippen molar-refractivity contribution in [3.8, 4) is 0 Å². The summed E-state index contributed by atoms with van der Waals surface area (Å²) < 4.78 is 3.92. The molecule has 1 aromatic heterocycles. The van der Waals surface area contributed by atoms with Crippen LogP contribution in [-0.2, 0) is 18.4 Å². The number of fused-ring (bicyclic) bond motifs is 1. The van der Waals surface area contributed by atoms with Crippen molar-refractivity contribution in [3.63, 3.8) is 0 Å². The number of carbonyl (C=O) groups excluding carboxylic acids is 1. The van der Waals surface area contributed by atoms with E-state index in [0.29, 0.717) is 6.54 Å². The first-order chi connectivity index (χ1) is 10.6. The number of amides is 1. The molecule has 0 fully saturated rings. The first-order valence-corrected chi connectivity index (χ1v) is 7.36. The summed E-state index contributed by atoms with van der Waals surface area (Å²) >= 11 is 0. The Morgan fingerprint density at radius 3 is 2.45 bits per heavy atom. The number of benzene rings is 2. The highest BCUT2D eigenvalue weighted by atomic mass is 16.2. The number of rotatable bonds is 3. The average molecular weight is 294 g/mol. The third-order valence-electron chi connectivity index (χ3n) is 4.01. The van der Waals surface area contributed by atoms with Crippen molar-refractivity contribution in [2.45, 2.75) is 20.4 Å². The molecular formula is C18H20N3O+. The molecule has 0 aliphatic heterocycles. The maximum Gasteiger partial charge on any atom is 0.292 e. The van der Waals surface area contributed by atoms with Crippen LogP contribution in [0.4, 0.5) is 5.69 Å². The van der Waals surface area contributed by atoms with Crippen LogP contribution >= 0.6 is 0 Å². The molecule has 4 heteroatoms. The molecule has 0 unspecified atom stereocenters. The van der Waals surface area contributed by atoms with Crippen LogP contribution in [-0.4, -0.2) is 10.6 Å². The van der Waals surface area contributed by atoms with Gasteiger partial charge < -0.3 is 5.32 Å². The zero-order chi connectivity index (χ0) is 15.7. The summed E-state index contributed by atoms with van der Waals surface area (Å²) in [6.45, 7) is 4.30. The third-order valence-corrected chi connectivity index (χ3v) is 4.01. The molecule has 0 atom stereocenters. The summed E-state index contributed by atoms with van der Waals surface area (Å²) in [5.74, 6) is -0.0201.